The molecule has 4 aromatic rings. The van der Waals surface area contributed by atoms with Gasteiger partial charge in [-0.25, -0.2) is 51.1 Å². The number of aryl methyl sites for hydroxylation is 2. The first-order valence-electron chi connectivity index (χ1n) is 8.62. The minimum atomic E-state index is 0. The summed E-state index contributed by atoms with van der Waals surface area (Å²) in [5.41, 5.74) is 7.46. The Morgan fingerprint density at radius 2 is 1.40 bits per heavy atom. The average molecular weight is 536 g/mol. The fraction of sp³-hybridized carbons (Fsp3) is 0.0769. The monoisotopic (exact) mass is 536 g/mol. The maximum Gasteiger partial charge on any atom is 3.00 e. The van der Waals surface area contributed by atoms with Crippen molar-refractivity contribution in [3.8, 4) is 33.5 Å². The molecule has 0 atom stereocenters. The molecule has 0 aliphatic heterocycles. The van der Waals surface area contributed by atoms with Crippen molar-refractivity contribution in [3.63, 3.8) is 0 Å². The summed E-state index contributed by atoms with van der Waals surface area (Å²) in [6, 6.07) is 35.9. The Kier molecular flexibility index (Phi) is 13.1. The van der Waals surface area contributed by atoms with Gasteiger partial charge < -0.3 is 7.43 Å². The zero-order valence-electron chi connectivity index (χ0n) is 17.6. The van der Waals surface area contributed by atoms with Gasteiger partial charge in [0.1, 0.15) is 12.7 Å². The van der Waals surface area contributed by atoms with Crippen LogP contribution in [0.5, 0.6) is 0 Å². The first kappa shape index (κ1) is 29.1. The molecule has 0 spiro atoms. The van der Waals surface area contributed by atoms with E-state index < -0.39 is 0 Å². The quantitative estimate of drug-likeness (QED) is 0.196. The molecule has 30 heavy (non-hydrogen) atoms. The van der Waals surface area contributed by atoms with Gasteiger partial charge in [-0.3, -0.25) is 0 Å². The molecule has 0 aliphatic carbocycles. The molecule has 1 heterocycles. The summed E-state index contributed by atoms with van der Waals surface area (Å²) in [6.07, 6.45) is 2.06. The van der Waals surface area contributed by atoms with Crippen LogP contribution in [0, 0.1) is 38.6 Å². The van der Waals surface area contributed by atoms with Gasteiger partial charge in [0.2, 0.25) is 0 Å². The fourth-order valence-corrected chi connectivity index (χ4v) is 3.13. The van der Waals surface area contributed by atoms with Crippen molar-refractivity contribution >= 4 is 8.41 Å². The second kappa shape index (κ2) is 13.5. The topological polar surface area (TPSA) is 3.88 Å². The Morgan fingerprint density at radius 1 is 0.733 bits per heavy atom. The Bertz CT molecular complexity index is 1070. The molecule has 4 heteroatoms. The van der Waals surface area contributed by atoms with E-state index in [0.717, 1.165) is 33.5 Å². The molecule has 0 N–H and O–H groups in total. The normalized spacial score (nSPS) is 9.27. The molecule has 1 nitrogen and oxygen atoms in total. The predicted octanol–water partition coefficient (Wildman–Crippen LogP) is 5.09. The fourth-order valence-electron chi connectivity index (χ4n) is 3.13. The number of aromatic nitrogens is 1. The van der Waals surface area contributed by atoms with E-state index in [-0.39, 0.29) is 81.3 Å². The third-order valence-corrected chi connectivity index (χ3v) is 4.50. The van der Waals surface area contributed by atoms with Crippen molar-refractivity contribution in [1.29, 1.82) is 0 Å². The second-order valence-corrected chi connectivity index (χ2v) is 6.28. The first-order valence-corrected chi connectivity index (χ1v) is 8.62. The van der Waals surface area contributed by atoms with Crippen LogP contribution in [0.25, 0.3) is 33.5 Å². The molecular weight excluding hydrogens is 515 g/mol. The summed E-state index contributed by atoms with van der Waals surface area (Å²) in [5, 5.41) is 0. The van der Waals surface area contributed by atoms with Gasteiger partial charge in [-0.1, -0.05) is 18.6 Å². The number of nitrogens with zero attached hydrogens (tertiary/aromatic N) is 1. The third-order valence-electron chi connectivity index (χ3n) is 4.50. The van der Waals surface area contributed by atoms with Crippen LogP contribution in [0.3, 0.4) is 0 Å². The molecule has 0 saturated carbocycles. The minimum absolute atomic E-state index is 0. The molecule has 1 aromatic heterocycles. The van der Waals surface area contributed by atoms with Crippen molar-refractivity contribution < 1.29 is 70.0 Å². The maximum atomic E-state index is 3.61. The van der Waals surface area contributed by atoms with Gasteiger partial charge in [0.15, 0.2) is 6.20 Å². The molecule has 0 amide bonds. The summed E-state index contributed by atoms with van der Waals surface area (Å²) in [5.74, 6) is 0. The van der Waals surface area contributed by atoms with Crippen LogP contribution in [0.1, 0.15) is 5.56 Å². The average Bonchev–Trinajstić information content (AvgIpc) is 2.70. The van der Waals surface area contributed by atoms with E-state index in [0.29, 0.717) is 0 Å². The Labute approximate surface area is 233 Å². The number of rotatable bonds is 3. The van der Waals surface area contributed by atoms with Crippen molar-refractivity contribution in [2.24, 2.45) is 7.05 Å². The van der Waals surface area contributed by atoms with E-state index in [1.165, 1.54) is 5.56 Å². The minimum Gasteiger partial charge on any atom is -0.358 e. The van der Waals surface area contributed by atoms with Crippen LogP contribution >= 0.6 is 0 Å². The van der Waals surface area contributed by atoms with E-state index in [2.05, 4.69) is 79.3 Å². The van der Waals surface area contributed by atoms with E-state index in [4.69, 9.17) is 0 Å². The van der Waals surface area contributed by atoms with Crippen molar-refractivity contribution in [2.75, 3.05) is 0 Å². The van der Waals surface area contributed by atoms with Crippen molar-refractivity contribution in [3.05, 3.63) is 110 Å². The third kappa shape index (κ3) is 6.30. The molecule has 0 bridgehead atoms. The Morgan fingerprint density at radius 3 is 2.03 bits per heavy atom. The van der Waals surface area contributed by atoms with Crippen LogP contribution in [0.15, 0.2) is 72.9 Å². The predicted molar refractivity (Wildman–Crippen MR) is 116 cm³/mol. The zero-order chi connectivity index (χ0) is 17.9. The first-order chi connectivity index (χ1) is 12.7. The maximum absolute atomic E-state index is 3.61. The van der Waals surface area contributed by atoms with Crippen LogP contribution in [0.4, 0.5) is 0 Å². The van der Waals surface area contributed by atoms with Crippen molar-refractivity contribution in [2.45, 2.75) is 6.92 Å². The molecule has 4 rings (SSSR count). The molecule has 0 unspecified atom stereocenters. The van der Waals surface area contributed by atoms with Gasteiger partial charge in [0.05, 0.1) is 0 Å². The smallest absolute Gasteiger partial charge is 0.358 e. The Hall–Kier alpha value is -0.917. The van der Waals surface area contributed by atoms with Crippen LogP contribution in [-0.4, -0.2) is 8.41 Å². The van der Waals surface area contributed by atoms with E-state index in [9.17, 15) is 0 Å². The molecule has 140 valence electrons. The standard InChI is InChI=1S/C25H18N.CH3.B.2Y/c1-19-15-16-21(18-24(19)25-14-8-9-17-26(25)2)23-13-7-6-12-22(23)20-10-4-3-5-11-20;;;;/h3-10,14-17H,1-2H3;1H3;;;/q-3;-1;;;+3. The van der Waals surface area contributed by atoms with Gasteiger partial charge in [-0.05, 0) is 6.07 Å². The summed E-state index contributed by atoms with van der Waals surface area (Å²) in [6.45, 7) is 2.12. The number of pyridine rings is 1. The SMILES string of the molecule is Cc1ccc(-c2[c-]cc[c-]c2-c2[c-]cccc2)[c-]c1-c1cccc[n+]1C.[B].[CH3-].[Y+3].[Y]. The Balaban J connectivity index is 0.00000210. The van der Waals surface area contributed by atoms with E-state index in [1.807, 2.05) is 36.4 Å². The van der Waals surface area contributed by atoms with Gasteiger partial charge >= 0.3 is 32.7 Å². The molecule has 0 fully saturated rings. The van der Waals surface area contributed by atoms with Crippen molar-refractivity contribution in [1.82, 2.24) is 0 Å². The molecule has 3 aromatic carbocycles. The number of hydrogen-bond donors (Lipinski definition) is 0. The van der Waals surface area contributed by atoms with Crippen LogP contribution < -0.4 is 4.57 Å². The van der Waals surface area contributed by atoms with Gasteiger partial charge in [0.25, 0.3) is 0 Å². The summed E-state index contributed by atoms with van der Waals surface area (Å²) >= 11 is 0. The van der Waals surface area contributed by atoms with Gasteiger partial charge in [-0.15, -0.1) is 17.7 Å². The van der Waals surface area contributed by atoms with Crippen LogP contribution in [-0.2, 0) is 72.5 Å². The molecule has 0 aliphatic rings. The van der Waals surface area contributed by atoms with E-state index >= 15 is 0 Å². The molecular formula is C26H21BNY2-. The second-order valence-electron chi connectivity index (χ2n) is 6.28. The largest absolute Gasteiger partial charge is 3.00 e. The molecule has 4 radical (unpaired) electrons. The summed E-state index contributed by atoms with van der Waals surface area (Å²) in [7, 11) is 2.06. The zero-order valence-corrected chi connectivity index (χ0v) is 23.3. The number of benzene rings is 3. The number of hydrogen-bond acceptors (Lipinski definition) is 0. The molecule has 0 saturated heterocycles. The van der Waals surface area contributed by atoms with E-state index in [1.54, 1.807) is 0 Å². The van der Waals surface area contributed by atoms with Gasteiger partial charge in [0, 0.05) is 47.2 Å². The van der Waals surface area contributed by atoms with Crippen LogP contribution in [0.2, 0.25) is 0 Å². The summed E-state index contributed by atoms with van der Waals surface area (Å²) in [4.78, 5) is 0. The van der Waals surface area contributed by atoms with Gasteiger partial charge in [-0.2, -0.15) is 36.4 Å². The summed E-state index contributed by atoms with van der Waals surface area (Å²) < 4.78 is 2.12.